The lowest BCUT2D eigenvalue weighted by Gasteiger charge is -2.18. The van der Waals surface area contributed by atoms with Crippen molar-refractivity contribution in [2.24, 2.45) is 0 Å². The Morgan fingerprint density at radius 3 is 2.46 bits per heavy atom. The molecule has 2 aromatic rings. The number of fused-ring (bicyclic) bond motifs is 1. The molecule has 1 aromatic carbocycles. The summed E-state index contributed by atoms with van der Waals surface area (Å²) in [5.41, 5.74) is 5.21. The van der Waals surface area contributed by atoms with Gasteiger partial charge in [0.2, 0.25) is 11.8 Å². The molecular formula is C14H14N4O6. The average Bonchev–Trinajstić information content (AvgIpc) is 2.93. The monoisotopic (exact) mass is 334 g/mol. The van der Waals surface area contributed by atoms with E-state index in [4.69, 9.17) is 19.9 Å². The molecule has 1 aliphatic rings. The van der Waals surface area contributed by atoms with Crippen LogP contribution in [0.25, 0.3) is 0 Å². The van der Waals surface area contributed by atoms with E-state index < -0.39 is 22.6 Å². The van der Waals surface area contributed by atoms with Crippen LogP contribution in [0.1, 0.15) is 17.0 Å². The van der Waals surface area contributed by atoms with E-state index in [0.29, 0.717) is 17.1 Å². The van der Waals surface area contributed by atoms with Gasteiger partial charge in [0.25, 0.3) is 5.56 Å². The van der Waals surface area contributed by atoms with Crippen LogP contribution in [0.5, 0.6) is 17.4 Å². The molecule has 0 spiro atoms. The Balaban J connectivity index is 2.31. The highest BCUT2D eigenvalue weighted by molar-refractivity contribution is 5.54. The van der Waals surface area contributed by atoms with Crippen molar-refractivity contribution in [1.29, 1.82) is 0 Å². The van der Waals surface area contributed by atoms with Crippen molar-refractivity contribution in [1.82, 2.24) is 9.97 Å². The van der Waals surface area contributed by atoms with E-state index in [-0.39, 0.29) is 17.4 Å². The maximum Gasteiger partial charge on any atom is 0.366 e. The van der Waals surface area contributed by atoms with Crippen molar-refractivity contribution in [3.8, 4) is 17.4 Å². The standard InChI is InChI=1S/C14H14N4O6/c1-22-6-4-3-5-7(23-2)8(6)9-10-11(19)16-14(15)17-12(10)24-13(9)18(20)21/h3-5,9,13H,1-2H3,(H3,15,16,17,19). The van der Waals surface area contributed by atoms with E-state index >= 15 is 0 Å². The molecule has 0 bridgehead atoms. The molecule has 3 N–H and O–H groups in total. The molecule has 0 saturated heterocycles. The minimum absolute atomic E-state index is 0.00806. The summed E-state index contributed by atoms with van der Waals surface area (Å²) in [6.07, 6.45) is -1.56. The molecule has 0 amide bonds. The van der Waals surface area contributed by atoms with Gasteiger partial charge < -0.3 is 19.9 Å². The molecule has 10 nitrogen and oxygen atoms in total. The molecule has 0 fully saturated rings. The number of ether oxygens (including phenoxy) is 3. The van der Waals surface area contributed by atoms with Gasteiger partial charge in [-0.3, -0.25) is 19.9 Å². The first-order valence-corrected chi connectivity index (χ1v) is 6.88. The number of nitrogen functional groups attached to an aromatic ring is 1. The first kappa shape index (κ1) is 15.6. The van der Waals surface area contributed by atoms with E-state index in [2.05, 4.69) is 9.97 Å². The topological polar surface area (TPSA) is 143 Å². The van der Waals surface area contributed by atoms with Crippen LogP contribution in [0.3, 0.4) is 0 Å². The lowest BCUT2D eigenvalue weighted by Crippen LogP contribution is -2.30. The minimum atomic E-state index is -1.56. The summed E-state index contributed by atoms with van der Waals surface area (Å²) in [5, 5.41) is 11.5. The Bertz CT molecular complexity index is 843. The predicted octanol–water partition coefficient (Wildman–Crippen LogP) is 0.496. The summed E-state index contributed by atoms with van der Waals surface area (Å²) in [5.74, 6) is -0.750. The van der Waals surface area contributed by atoms with Gasteiger partial charge in [0.15, 0.2) is 0 Å². The summed E-state index contributed by atoms with van der Waals surface area (Å²) in [6.45, 7) is 0. The molecule has 0 aliphatic carbocycles. The third kappa shape index (κ3) is 2.28. The van der Waals surface area contributed by atoms with Crippen molar-refractivity contribution < 1.29 is 19.1 Å². The highest BCUT2D eigenvalue weighted by Crippen LogP contribution is 2.46. The Kier molecular flexibility index (Phi) is 3.72. The fourth-order valence-electron chi connectivity index (χ4n) is 2.81. The smallest absolute Gasteiger partial charge is 0.366 e. The van der Waals surface area contributed by atoms with Gasteiger partial charge in [0.05, 0.1) is 30.3 Å². The van der Waals surface area contributed by atoms with E-state index in [1.165, 1.54) is 14.2 Å². The van der Waals surface area contributed by atoms with Gasteiger partial charge in [-0.15, -0.1) is 0 Å². The predicted molar refractivity (Wildman–Crippen MR) is 82.1 cm³/mol. The molecule has 10 heteroatoms. The number of anilines is 1. The number of hydrogen-bond acceptors (Lipinski definition) is 8. The Hall–Kier alpha value is -3.30. The van der Waals surface area contributed by atoms with E-state index in [1.54, 1.807) is 18.2 Å². The number of aromatic amines is 1. The molecule has 2 atom stereocenters. The molecular weight excluding hydrogens is 320 g/mol. The van der Waals surface area contributed by atoms with Crippen molar-refractivity contribution in [2.75, 3.05) is 20.0 Å². The number of hydrogen-bond donors (Lipinski definition) is 2. The molecule has 2 heterocycles. The zero-order chi connectivity index (χ0) is 17.4. The Labute approximate surface area is 135 Å². The number of methoxy groups -OCH3 is 2. The molecule has 1 aliphatic heterocycles. The second-order valence-electron chi connectivity index (χ2n) is 5.02. The van der Waals surface area contributed by atoms with Crippen LogP contribution in [0.4, 0.5) is 5.95 Å². The van der Waals surface area contributed by atoms with Gasteiger partial charge >= 0.3 is 6.23 Å². The Morgan fingerprint density at radius 2 is 1.92 bits per heavy atom. The van der Waals surface area contributed by atoms with E-state index in [0.717, 1.165) is 0 Å². The van der Waals surface area contributed by atoms with Crippen molar-refractivity contribution in [2.45, 2.75) is 12.1 Å². The zero-order valence-corrected chi connectivity index (χ0v) is 12.8. The van der Waals surface area contributed by atoms with E-state index in [1.807, 2.05) is 0 Å². The number of benzene rings is 1. The SMILES string of the molecule is COc1cccc(OC)c1C1c2c(nc(N)[nH]c2=O)OC1[N+](=O)[O-]. The number of rotatable bonds is 4. The van der Waals surface area contributed by atoms with Crippen LogP contribution in [0.15, 0.2) is 23.0 Å². The van der Waals surface area contributed by atoms with Gasteiger partial charge in [-0.25, -0.2) is 0 Å². The first-order chi connectivity index (χ1) is 11.5. The largest absolute Gasteiger partial charge is 0.496 e. The quantitative estimate of drug-likeness (QED) is 0.607. The molecule has 1 aromatic heterocycles. The van der Waals surface area contributed by atoms with Crippen LogP contribution in [0, 0.1) is 10.1 Å². The normalized spacial score (nSPS) is 18.6. The van der Waals surface area contributed by atoms with Gasteiger partial charge in [-0.2, -0.15) is 4.98 Å². The van der Waals surface area contributed by atoms with Crippen molar-refractivity contribution >= 4 is 5.95 Å². The van der Waals surface area contributed by atoms with Crippen molar-refractivity contribution in [3.63, 3.8) is 0 Å². The van der Waals surface area contributed by atoms with Crippen LogP contribution < -0.4 is 25.5 Å². The van der Waals surface area contributed by atoms with E-state index in [9.17, 15) is 14.9 Å². The van der Waals surface area contributed by atoms with Crippen molar-refractivity contribution in [3.05, 3.63) is 49.8 Å². The summed E-state index contributed by atoms with van der Waals surface area (Å²) in [6, 6.07) is 4.90. The molecule has 126 valence electrons. The van der Waals surface area contributed by atoms with Crippen LogP contribution in [-0.2, 0) is 0 Å². The second-order valence-corrected chi connectivity index (χ2v) is 5.02. The number of nitrogens with two attached hydrogens (primary N) is 1. The first-order valence-electron chi connectivity index (χ1n) is 6.88. The maximum atomic E-state index is 12.3. The van der Waals surface area contributed by atoms with Gasteiger partial charge in [-0.05, 0) is 12.1 Å². The van der Waals surface area contributed by atoms with Gasteiger partial charge in [-0.1, -0.05) is 6.07 Å². The lowest BCUT2D eigenvalue weighted by atomic mass is 9.91. The third-order valence-corrected chi connectivity index (χ3v) is 3.75. The Morgan fingerprint density at radius 1 is 1.29 bits per heavy atom. The molecule has 3 rings (SSSR count). The molecule has 2 unspecified atom stereocenters. The van der Waals surface area contributed by atoms with Crippen LogP contribution in [-0.4, -0.2) is 35.3 Å². The van der Waals surface area contributed by atoms with Gasteiger partial charge in [0, 0.05) is 0 Å². The number of nitrogens with zero attached hydrogens (tertiary/aromatic N) is 2. The summed E-state index contributed by atoms with van der Waals surface area (Å²) >= 11 is 0. The molecule has 0 saturated carbocycles. The second kappa shape index (κ2) is 5.72. The number of nitro groups is 1. The fraction of sp³-hybridized carbons (Fsp3) is 0.286. The highest BCUT2D eigenvalue weighted by atomic mass is 16.7. The van der Waals surface area contributed by atoms with Crippen LogP contribution in [0.2, 0.25) is 0 Å². The van der Waals surface area contributed by atoms with Crippen LogP contribution >= 0.6 is 0 Å². The summed E-state index contributed by atoms with van der Waals surface area (Å²) in [7, 11) is 2.84. The number of aromatic nitrogens is 2. The molecule has 0 radical (unpaired) electrons. The van der Waals surface area contributed by atoms with Gasteiger partial charge in [0.1, 0.15) is 17.4 Å². The fourth-order valence-corrected chi connectivity index (χ4v) is 2.81. The average molecular weight is 334 g/mol. The third-order valence-electron chi connectivity index (χ3n) is 3.75. The summed E-state index contributed by atoms with van der Waals surface area (Å²) in [4.78, 5) is 29.3. The lowest BCUT2D eigenvalue weighted by molar-refractivity contribution is -0.562. The highest BCUT2D eigenvalue weighted by Gasteiger charge is 2.49. The summed E-state index contributed by atoms with van der Waals surface area (Å²) < 4.78 is 15.9. The zero-order valence-electron chi connectivity index (χ0n) is 12.8. The number of nitrogens with one attached hydrogen (secondary N) is 1. The minimum Gasteiger partial charge on any atom is -0.496 e. The molecule has 24 heavy (non-hydrogen) atoms. The number of H-pyrrole nitrogens is 1. The maximum absolute atomic E-state index is 12.3.